The summed E-state index contributed by atoms with van der Waals surface area (Å²) in [5, 5.41) is 0. The minimum Gasteiger partial charge on any atom is -0.497 e. The Morgan fingerprint density at radius 1 is 1.00 bits per heavy atom. The number of carbonyl (C=O) groups is 2. The number of methoxy groups -OCH3 is 1. The van der Waals surface area contributed by atoms with Crippen LogP contribution >= 0.6 is 0 Å². The minimum absolute atomic E-state index is 0.0555. The van der Waals surface area contributed by atoms with Gasteiger partial charge in [0, 0.05) is 37.8 Å². The lowest BCUT2D eigenvalue weighted by Gasteiger charge is -2.34. The number of nitrogens with zero attached hydrogens (tertiary/aromatic N) is 2. The molecule has 0 N–H and O–H groups in total. The maximum Gasteiger partial charge on any atom is 0.253 e. The topological polar surface area (TPSA) is 49.9 Å². The van der Waals surface area contributed by atoms with Crippen LogP contribution in [0.25, 0.3) is 6.08 Å². The smallest absolute Gasteiger partial charge is 0.253 e. The number of rotatable bonds is 4. The van der Waals surface area contributed by atoms with Crippen LogP contribution in [0.4, 0.5) is 4.39 Å². The lowest BCUT2D eigenvalue weighted by Crippen LogP contribution is -2.50. The molecule has 5 nitrogen and oxygen atoms in total. The summed E-state index contributed by atoms with van der Waals surface area (Å²) in [5.41, 5.74) is 1.23. The Hall–Kier alpha value is -3.15. The van der Waals surface area contributed by atoms with Gasteiger partial charge in [0.05, 0.1) is 7.11 Å². The lowest BCUT2D eigenvalue weighted by molar-refractivity contribution is -0.127. The van der Waals surface area contributed by atoms with Gasteiger partial charge in [0.2, 0.25) is 5.91 Å². The molecule has 1 saturated heterocycles. The largest absolute Gasteiger partial charge is 0.497 e. The third kappa shape index (κ3) is 4.73. The highest BCUT2D eigenvalue weighted by Gasteiger charge is 2.23. The van der Waals surface area contributed by atoms with Crippen LogP contribution < -0.4 is 4.74 Å². The third-order valence-corrected chi connectivity index (χ3v) is 4.48. The van der Waals surface area contributed by atoms with Crippen molar-refractivity contribution in [1.82, 2.24) is 9.80 Å². The molecule has 0 spiro atoms. The predicted octanol–water partition coefficient (Wildman–Crippen LogP) is 2.83. The van der Waals surface area contributed by atoms with E-state index in [0.29, 0.717) is 43.1 Å². The molecule has 1 aliphatic heterocycles. The van der Waals surface area contributed by atoms with Gasteiger partial charge in [0.1, 0.15) is 11.6 Å². The van der Waals surface area contributed by atoms with Gasteiger partial charge in [-0.3, -0.25) is 9.59 Å². The molecule has 1 heterocycles. The van der Waals surface area contributed by atoms with Crippen LogP contribution in [0, 0.1) is 5.82 Å². The zero-order chi connectivity index (χ0) is 19.2. The summed E-state index contributed by atoms with van der Waals surface area (Å²) in [5.74, 6) is 0.165. The summed E-state index contributed by atoms with van der Waals surface area (Å²) >= 11 is 0. The van der Waals surface area contributed by atoms with Crippen LogP contribution in [0.1, 0.15) is 15.9 Å². The van der Waals surface area contributed by atoms with Crippen molar-refractivity contribution in [2.24, 2.45) is 0 Å². The van der Waals surface area contributed by atoms with Crippen molar-refractivity contribution in [1.29, 1.82) is 0 Å². The molecule has 0 aliphatic carbocycles. The SMILES string of the molecule is COc1ccc(C(=O)N2CCN(C(=O)C=Cc3cccc(F)c3)CC2)cc1. The van der Waals surface area contributed by atoms with E-state index in [1.54, 1.807) is 59.4 Å². The van der Waals surface area contributed by atoms with E-state index in [9.17, 15) is 14.0 Å². The number of ether oxygens (including phenoxy) is 1. The van der Waals surface area contributed by atoms with Gasteiger partial charge in [-0.2, -0.15) is 0 Å². The first kappa shape index (κ1) is 18.6. The quantitative estimate of drug-likeness (QED) is 0.780. The van der Waals surface area contributed by atoms with Crippen molar-refractivity contribution in [2.75, 3.05) is 33.3 Å². The van der Waals surface area contributed by atoms with E-state index in [0.717, 1.165) is 0 Å². The normalized spacial score (nSPS) is 14.4. The van der Waals surface area contributed by atoms with Gasteiger partial charge in [-0.1, -0.05) is 12.1 Å². The standard InChI is InChI=1S/C21H21FN2O3/c1-27-19-8-6-17(7-9-19)21(26)24-13-11-23(12-14-24)20(25)10-5-16-3-2-4-18(22)15-16/h2-10,15H,11-14H2,1H3. The third-order valence-electron chi connectivity index (χ3n) is 4.48. The lowest BCUT2D eigenvalue weighted by atomic mass is 10.1. The fourth-order valence-electron chi connectivity index (χ4n) is 2.93. The van der Waals surface area contributed by atoms with Crippen LogP contribution in [0.2, 0.25) is 0 Å². The molecule has 3 rings (SSSR count). The van der Waals surface area contributed by atoms with Crippen molar-refractivity contribution in [3.8, 4) is 5.75 Å². The van der Waals surface area contributed by atoms with Crippen molar-refractivity contribution >= 4 is 17.9 Å². The average Bonchev–Trinajstić information content (AvgIpc) is 2.72. The number of benzene rings is 2. The molecule has 1 aliphatic rings. The maximum absolute atomic E-state index is 13.2. The summed E-state index contributed by atoms with van der Waals surface area (Å²) in [6, 6.07) is 13.0. The first-order valence-electron chi connectivity index (χ1n) is 8.73. The van der Waals surface area contributed by atoms with Gasteiger partial charge >= 0.3 is 0 Å². The number of hydrogen-bond acceptors (Lipinski definition) is 3. The second kappa shape index (κ2) is 8.49. The number of carbonyl (C=O) groups excluding carboxylic acids is 2. The molecule has 0 unspecified atom stereocenters. The van der Waals surface area contributed by atoms with E-state index >= 15 is 0 Å². The van der Waals surface area contributed by atoms with Gasteiger partial charge < -0.3 is 14.5 Å². The summed E-state index contributed by atoms with van der Waals surface area (Å²) in [6.07, 6.45) is 3.04. The molecule has 2 aromatic carbocycles. The van der Waals surface area contributed by atoms with Gasteiger partial charge in [0.25, 0.3) is 5.91 Å². The fraction of sp³-hybridized carbons (Fsp3) is 0.238. The van der Waals surface area contributed by atoms with E-state index < -0.39 is 0 Å². The molecule has 6 heteroatoms. The Morgan fingerprint density at radius 2 is 1.67 bits per heavy atom. The summed E-state index contributed by atoms with van der Waals surface area (Å²) in [4.78, 5) is 28.3. The molecule has 1 fully saturated rings. The first-order chi connectivity index (χ1) is 13.1. The minimum atomic E-state index is -0.338. The highest BCUT2D eigenvalue weighted by Crippen LogP contribution is 2.14. The van der Waals surface area contributed by atoms with Crippen molar-refractivity contribution in [3.05, 3.63) is 71.6 Å². The highest BCUT2D eigenvalue weighted by molar-refractivity contribution is 5.95. The molecular weight excluding hydrogens is 347 g/mol. The molecule has 140 valence electrons. The Bertz CT molecular complexity index is 841. The summed E-state index contributed by atoms with van der Waals surface area (Å²) in [6.45, 7) is 1.89. The maximum atomic E-state index is 13.2. The van der Waals surface area contributed by atoms with Gasteiger partial charge in [-0.05, 0) is 48.0 Å². The Balaban J connectivity index is 1.54. The van der Waals surface area contributed by atoms with Crippen molar-refractivity contribution < 1.29 is 18.7 Å². The van der Waals surface area contributed by atoms with E-state index in [4.69, 9.17) is 4.74 Å². The number of piperazine rings is 1. The van der Waals surface area contributed by atoms with Crippen LogP contribution in [-0.2, 0) is 4.79 Å². The van der Waals surface area contributed by atoms with Crippen LogP contribution in [0.3, 0.4) is 0 Å². The van der Waals surface area contributed by atoms with E-state index in [1.165, 1.54) is 18.2 Å². The monoisotopic (exact) mass is 368 g/mol. The summed E-state index contributed by atoms with van der Waals surface area (Å²) in [7, 11) is 1.58. The van der Waals surface area contributed by atoms with Gasteiger partial charge in [0.15, 0.2) is 0 Å². The first-order valence-corrected chi connectivity index (χ1v) is 8.73. The van der Waals surface area contributed by atoms with Crippen LogP contribution in [0.5, 0.6) is 5.75 Å². The molecule has 0 radical (unpaired) electrons. The molecule has 0 bridgehead atoms. The Morgan fingerprint density at radius 3 is 2.30 bits per heavy atom. The van der Waals surface area contributed by atoms with Crippen LogP contribution in [0.15, 0.2) is 54.6 Å². The van der Waals surface area contributed by atoms with Crippen LogP contribution in [-0.4, -0.2) is 54.9 Å². The van der Waals surface area contributed by atoms with Crippen molar-refractivity contribution in [2.45, 2.75) is 0 Å². The van der Waals surface area contributed by atoms with E-state index in [-0.39, 0.29) is 17.6 Å². The molecule has 0 atom stereocenters. The van der Waals surface area contributed by atoms with Crippen molar-refractivity contribution in [3.63, 3.8) is 0 Å². The van der Waals surface area contributed by atoms with E-state index in [1.807, 2.05) is 0 Å². The summed E-state index contributed by atoms with van der Waals surface area (Å²) < 4.78 is 18.3. The molecule has 2 amide bonds. The average molecular weight is 368 g/mol. The second-order valence-corrected chi connectivity index (χ2v) is 6.23. The molecule has 0 aromatic heterocycles. The molecule has 2 aromatic rings. The second-order valence-electron chi connectivity index (χ2n) is 6.23. The zero-order valence-corrected chi connectivity index (χ0v) is 15.1. The Kier molecular flexibility index (Phi) is 5.86. The zero-order valence-electron chi connectivity index (χ0n) is 15.1. The Labute approximate surface area is 157 Å². The fourth-order valence-corrected chi connectivity index (χ4v) is 2.93. The number of amides is 2. The molecular formula is C21H21FN2O3. The number of hydrogen-bond donors (Lipinski definition) is 0. The predicted molar refractivity (Wildman–Crippen MR) is 101 cm³/mol. The van der Waals surface area contributed by atoms with Gasteiger partial charge in [-0.15, -0.1) is 0 Å². The molecule has 27 heavy (non-hydrogen) atoms. The number of halogens is 1. The molecule has 0 saturated carbocycles. The van der Waals surface area contributed by atoms with Gasteiger partial charge in [-0.25, -0.2) is 4.39 Å². The van der Waals surface area contributed by atoms with E-state index in [2.05, 4.69) is 0 Å². The highest BCUT2D eigenvalue weighted by atomic mass is 19.1.